The lowest BCUT2D eigenvalue weighted by Gasteiger charge is -2.16. The van der Waals surface area contributed by atoms with Crippen molar-refractivity contribution in [2.75, 3.05) is 19.5 Å². The molecular weight excluding hydrogens is 348 g/mol. The SMILES string of the molecule is COc1ccc(C(C)NC(=O)C(=O)Nc2cccc(C(C)=O)c2)cc1OC. The van der Waals surface area contributed by atoms with Gasteiger partial charge in [-0.2, -0.15) is 0 Å². The third-order valence-corrected chi connectivity index (χ3v) is 3.99. The highest BCUT2D eigenvalue weighted by Crippen LogP contribution is 2.29. The van der Waals surface area contributed by atoms with E-state index in [1.165, 1.54) is 27.2 Å². The quantitative estimate of drug-likeness (QED) is 0.602. The number of hydrogen-bond donors (Lipinski definition) is 2. The molecule has 2 amide bonds. The summed E-state index contributed by atoms with van der Waals surface area (Å²) < 4.78 is 10.4. The van der Waals surface area contributed by atoms with Gasteiger partial charge in [0.25, 0.3) is 0 Å². The number of carbonyl (C=O) groups is 3. The van der Waals surface area contributed by atoms with Crippen LogP contribution < -0.4 is 20.1 Å². The van der Waals surface area contributed by atoms with E-state index in [1.807, 2.05) is 0 Å². The van der Waals surface area contributed by atoms with Crippen LogP contribution in [0.5, 0.6) is 11.5 Å². The second kappa shape index (κ2) is 8.84. The monoisotopic (exact) mass is 370 g/mol. The first-order chi connectivity index (χ1) is 12.8. The fourth-order valence-electron chi connectivity index (χ4n) is 2.47. The second-order valence-electron chi connectivity index (χ2n) is 5.90. The van der Waals surface area contributed by atoms with E-state index in [0.29, 0.717) is 22.7 Å². The van der Waals surface area contributed by atoms with Crippen molar-refractivity contribution >= 4 is 23.3 Å². The zero-order valence-electron chi connectivity index (χ0n) is 15.7. The van der Waals surface area contributed by atoms with Crippen LogP contribution in [0.1, 0.15) is 35.8 Å². The van der Waals surface area contributed by atoms with Crippen LogP contribution in [0.3, 0.4) is 0 Å². The number of methoxy groups -OCH3 is 2. The Morgan fingerprint density at radius 1 is 0.926 bits per heavy atom. The molecule has 0 radical (unpaired) electrons. The van der Waals surface area contributed by atoms with E-state index in [-0.39, 0.29) is 5.78 Å². The van der Waals surface area contributed by atoms with Gasteiger partial charge in [0, 0.05) is 11.3 Å². The van der Waals surface area contributed by atoms with Gasteiger partial charge in [-0.15, -0.1) is 0 Å². The molecule has 0 bridgehead atoms. The van der Waals surface area contributed by atoms with Crippen molar-refractivity contribution in [3.8, 4) is 11.5 Å². The van der Waals surface area contributed by atoms with Gasteiger partial charge in [0.15, 0.2) is 17.3 Å². The van der Waals surface area contributed by atoms with Crippen LogP contribution >= 0.6 is 0 Å². The molecule has 0 aliphatic carbocycles. The molecule has 0 aliphatic rings. The Kier molecular flexibility index (Phi) is 6.54. The van der Waals surface area contributed by atoms with Crippen molar-refractivity contribution in [2.24, 2.45) is 0 Å². The lowest BCUT2D eigenvalue weighted by Crippen LogP contribution is -2.36. The summed E-state index contributed by atoms with van der Waals surface area (Å²) in [7, 11) is 3.06. The van der Waals surface area contributed by atoms with Gasteiger partial charge in [-0.1, -0.05) is 18.2 Å². The van der Waals surface area contributed by atoms with E-state index >= 15 is 0 Å². The van der Waals surface area contributed by atoms with Crippen molar-refractivity contribution in [3.05, 3.63) is 53.6 Å². The van der Waals surface area contributed by atoms with Crippen LogP contribution in [0.15, 0.2) is 42.5 Å². The van der Waals surface area contributed by atoms with E-state index in [2.05, 4.69) is 10.6 Å². The third-order valence-electron chi connectivity index (χ3n) is 3.99. The van der Waals surface area contributed by atoms with Gasteiger partial charge in [0.1, 0.15) is 0 Å². The standard InChI is InChI=1S/C20H22N2O5/c1-12(14-8-9-17(26-3)18(11-14)27-4)21-19(24)20(25)22-16-7-5-6-15(10-16)13(2)23/h5-12H,1-4H3,(H,21,24)(H,22,25). The van der Waals surface area contributed by atoms with Crippen molar-refractivity contribution in [1.82, 2.24) is 5.32 Å². The van der Waals surface area contributed by atoms with Crippen LogP contribution in [-0.2, 0) is 9.59 Å². The summed E-state index contributed by atoms with van der Waals surface area (Å²) >= 11 is 0. The first-order valence-electron chi connectivity index (χ1n) is 8.30. The summed E-state index contributed by atoms with van der Waals surface area (Å²) in [5, 5.41) is 5.11. The molecule has 2 rings (SSSR count). The molecule has 0 saturated heterocycles. The number of anilines is 1. The Morgan fingerprint density at radius 2 is 1.63 bits per heavy atom. The molecule has 0 aliphatic heterocycles. The number of nitrogens with one attached hydrogen (secondary N) is 2. The van der Waals surface area contributed by atoms with Crippen molar-refractivity contribution < 1.29 is 23.9 Å². The predicted molar refractivity (Wildman–Crippen MR) is 101 cm³/mol. The summed E-state index contributed by atoms with van der Waals surface area (Å²) in [6, 6.07) is 11.2. The van der Waals surface area contributed by atoms with Crippen LogP contribution in [-0.4, -0.2) is 31.8 Å². The minimum atomic E-state index is -0.817. The fraction of sp³-hybridized carbons (Fsp3) is 0.250. The van der Waals surface area contributed by atoms with E-state index in [1.54, 1.807) is 43.3 Å². The van der Waals surface area contributed by atoms with Gasteiger partial charge in [0.2, 0.25) is 0 Å². The first kappa shape index (κ1) is 20.0. The molecule has 2 N–H and O–H groups in total. The number of ether oxygens (including phenoxy) is 2. The molecule has 0 saturated carbocycles. The Balaban J connectivity index is 2.04. The highest BCUT2D eigenvalue weighted by molar-refractivity contribution is 6.39. The van der Waals surface area contributed by atoms with Crippen molar-refractivity contribution in [3.63, 3.8) is 0 Å². The minimum absolute atomic E-state index is 0.127. The molecule has 2 aromatic rings. The van der Waals surface area contributed by atoms with Gasteiger partial charge in [-0.3, -0.25) is 14.4 Å². The smallest absolute Gasteiger partial charge is 0.313 e. The molecule has 0 fully saturated rings. The normalized spacial score (nSPS) is 11.3. The summed E-state index contributed by atoms with van der Waals surface area (Å²) in [5.74, 6) is -0.629. The van der Waals surface area contributed by atoms with Gasteiger partial charge in [-0.05, 0) is 43.7 Å². The molecule has 1 atom stereocenters. The van der Waals surface area contributed by atoms with Gasteiger partial charge < -0.3 is 20.1 Å². The summed E-state index contributed by atoms with van der Waals surface area (Å²) in [5.41, 5.74) is 1.58. The predicted octanol–water partition coefficient (Wildman–Crippen LogP) is 2.72. The first-order valence-corrected chi connectivity index (χ1v) is 8.30. The lowest BCUT2D eigenvalue weighted by molar-refractivity contribution is -0.136. The lowest BCUT2D eigenvalue weighted by atomic mass is 10.1. The molecule has 142 valence electrons. The summed E-state index contributed by atoms with van der Waals surface area (Å²) in [6.07, 6.45) is 0. The maximum absolute atomic E-state index is 12.2. The Hall–Kier alpha value is -3.35. The average Bonchev–Trinajstić information content (AvgIpc) is 2.67. The van der Waals surface area contributed by atoms with Crippen molar-refractivity contribution in [2.45, 2.75) is 19.9 Å². The molecule has 2 aromatic carbocycles. The van der Waals surface area contributed by atoms with E-state index in [9.17, 15) is 14.4 Å². The van der Waals surface area contributed by atoms with Crippen LogP contribution in [0, 0.1) is 0 Å². The summed E-state index contributed by atoms with van der Waals surface area (Å²) in [6.45, 7) is 3.18. The zero-order valence-corrected chi connectivity index (χ0v) is 15.7. The second-order valence-corrected chi connectivity index (χ2v) is 5.90. The molecular formula is C20H22N2O5. The third kappa shape index (κ3) is 5.07. The fourth-order valence-corrected chi connectivity index (χ4v) is 2.47. The van der Waals surface area contributed by atoms with E-state index < -0.39 is 17.9 Å². The van der Waals surface area contributed by atoms with Crippen LogP contribution in [0.25, 0.3) is 0 Å². The Labute approximate surface area is 157 Å². The largest absolute Gasteiger partial charge is 0.493 e. The molecule has 1 unspecified atom stereocenters. The maximum Gasteiger partial charge on any atom is 0.313 e. The number of benzene rings is 2. The van der Waals surface area contributed by atoms with E-state index in [0.717, 1.165) is 5.56 Å². The van der Waals surface area contributed by atoms with Gasteiger partial charge in [0.05, 0.1) is 20.3 Å². The highest BCUT2D eigenvalue weighted by atomic mass is 16.5. The number of ketones is 1. The average molecular weight is 370 g/mol. The van der Waals surface area contributed by atoms with Gasteiger partial charge >= 0.3 is 11.8 Å². The Morgan fingerprint density at radius 3 is 2.26 bits per heavy atom. The molecule has 0 aromatic heterocycles. The zero-order chi connectivity index (χ0) is 20.0. The topological polar surface area (TPSA) is 93.7 Å². The maximum atomic E-state index is 12.2. The number of rotatable bonds is 6. The number of amides is 2. The highest BCUT2D eigenvalue weighted by Gasteiger charge is 2.18. The molecule has 0 heterocycles. The minimum Gasteiger partial charge on any atom is -0.493 e. The number of Topliss-reactive ketones (excluding diaryl/α,β-unsaturated/α-hetero) is 1. The van der Waals surface area contributed by atoms with Crippen molar-refractivity contribution in [1.29, 1.82) is 0 Å². The van der Waals surface area contributed by atoms with E-state index in [4.69, 9.17) is 9.47 Å². The molecule has 7 heteroatoms. The van der Waals surface area contributed by atoms with Gasteiger partial charge in [-0.25, -0.2) is 0 Å². The molecule has 0 spiro atoms. The Bertz CT molecular complexity index is 863. The molecule has 7 nitrogen and oxygen atoms in total. The molecule has 27 heavy (non-hydrogen) atoms. The summed E-state index contributed by atoms with van der Waals surface area (Å²) in [4.78, 5) is 35.7. The van der Waals surface area contributed by atoms with Crippen LogP contribution in [0.2, 0.25) is 0 Å². The number of hydrogen-bond acceptors (Lipinski definition) is 5. The van der Waals surface area contributed by atoms with Crippen LogP contribution in [0.4, 0.5) is 5.69 Å². The number of carbonyl (C=O) groups excluding carboxylic acids is 3.